The molecular weight excluding hydrogens is 412 g/mol. The van der Waals surface area contributed by atoms with Crippen molar-refractivity contribution in [3.63, 3.8) is 0 Å². The van der Waals surface area contributed by atoms with Crippen LogP contribution in [0.4, 0.5) is 11.5 Å². The highest BCUT2D eigenvalue weighted by Gasteiger charge is 2.30. The van der Waals surface area contributed by atoms with Gasteiger partial charge in [0, 0.05) is 23.3 Å². The normalized spacial score (nSPS) is 13.8. The SMILES string of the molecule is O=CN(c1cc(-c2ccc(NS(=O)(=O)c3ccccc3)cc2)c2cc[nH]c2n1)C1CC1. The van der Waals surface area contributed by atoms with Crippen LogP contribution in [0.25, 0.3) is 22.2 Å². The Balaban J connectivity index is 1.48. The minimum absolute atomic E-state index is 0.208. The number of hydrogen-bond donors (Lipinski definition) is 2. The Morgan fingerprint density at radius 2 is 1.77 bits per heavy atom. The molecule has 156 valence electrons. The number of nitrogens with zero attached hydrogens (tertiary/aromatic N) is 2. The fourth-order valence-electron chi connectivity index (χ4n) is 3.61. The third-order valence-corrected chi connectivity index (χ3v) is 6.73. The number of anilines is 2. The van der Waals surface area contributed by atoms with Crippen LogP contribution in [0.1, 0.15) is 12.8 Å². The van der Waals surface area contributed by atoms with Crippen molar-refractivity contribution in [1.82, 2.24) is 9.97 Å². The van der Waals surface area contributed by atoms with Gasteiger partial charge < -0.3 is 4.98 Å². The number of rotatable bonds is 7. The Morgan fingerprint density at radius 1 is 1.03 bits per heavy atom. The highest BCUT2D eigenvalue weighted by atomic mass is 32.2. The first-order valence-electron chi connectivity index (χ1n) is 9.95. The number of aromatic nitrogens is 2. The molecule has 2 aromatic heterocycles. The number of aromatic amines is 1. The van der Waals surface area contributed by atoms with Gasteiger partial charge in [-0.25, -0.2) is 13.4 Å². The van der Waals surface area contributed by atoms with E-state index >= 15 is 0 Å². The van der Waals surface area contributed by atoms with Crippen LogP contribution in [-0.4, -0.2) is 30.8 Å². The van der Waals surface area contributed by atoms with E-state index in [1.165, 1.54) is 0 Å². The average Bonchev–Trinajstić information content (AvgIpc) is 3.50. The van der Waals surface area contributed by atoms with Crippen LogP contribution in [0.2, 0.25) is 0 Å². The van der Waals surface area contributed by atoms with E-state index in [-0.39, 0.29) is 10.9 Å². The van der Waals surface area contributed by atoms with Gasteiger partial charge in [-0.3, -0.25) is 14.4 Å². The highest BCUT2D eigenvalue weighted by Crippen LogP contribution is 2.35. The van der Waals surface area contributed by atoms with Crippen molar-refractivity contribution in [2.24, 2.45) is 0 Å². The first-order chi connectivity index (χ1) is 15.0. The van der Waals surface area contributed by atoms with Gasteiger partial charge in [0.15, 0.2) is 0 Å². The van der Waals surface area contributed by atoms with Crippen molar-refractivity contribution in [1.29, 1.82) is 0 Å². The quantitative estimate of drug-likeness (QED) is 0.429. The maximum Gasteiger partial charge on any atom is 0.261 e. The summed E-state index contributed by atoms with van der Waals surface area (Å²) in [5, 5.41) is 0.933. The molecule has 1 saturated carbocycles. The molecule has 5 rings (SSSR count). The third kappa shape index (κ3) is 3.77. The van der Waals surface area contributed by atoms with Gasteiger partial charge in [0.05, 0.1) is 4.90 Å². The Kier molecular flexibility index (Phi) is 4.71. The molecule has 31 heavy (non-hydrogen) atoms. The molecule has 1 aliphatic rings. The van der Waals surface area contributed by atoms with Gasteiger partial charge >= 0.3 is 0 Å². The van der Waals surface area contributed by atoms with E-state index in [1.807, 2.05) is 30.5 Å². The van der Waals surface area contributed by atoms with Crippen molar-refractivity contribution < 1.29 is 13.2 Å². The molecule has 0 aliphatic heterocycles. The summed E-state index contributed by atoms with van der Waals surface area (Å²) in [5.41, 5.74) is 3.00. The van der Waals surface area contributed by atoms with E-state index in [9.17, 15) is 13.2 Å². The van der Waals surface area contributed by atoms with Gasteiger partial charge in [-0.05, 0) is 60.4 Å². The Bertz CT molecular complexity index is 1340. The molecule has 1 aliphatic carbocycles. The van der Waals surface area contributed by atoms with Gasteiger partial charge in [-0.1, -0.05) is 30.3 Å². The maximum absolute atomic E-state index is 12.6. The fraction of sp³-hybridized carbons (Fsp3) is 0.130. The van der Waals surface area contributed by atoms with E-state index in [4.69, 9.17) is 0 Å². The smallest absolute Gasteiger partial charge is 0.261 e. The lowest BCUT2D eigenvalue weighted by Crippen LogP contribution is -2.24. The minimum atomic E-state index is -3.65. The van der Waals surface area contributed by atoms with E-state index < -0.39 is 10.0 Å². The van der Waals surface area contributed by atoms with E-state index in [1.54, 1.807) is 47.4 Å². The van der Waals surface area contributed by atoms with Gasteiger partial charge in [-0.15, -0.1) is 0 Å². The van der Waals surface area contributed by atoms with Crippen molar-refractivity contribution in [3.8, 4) is 11.1 Å². The lowest BCUT2D eigenvalue weighted by atomic mass is 10.0. The molecule has 1 amide bonds. The van der Waals surface area contributed by atoms with Crippen molar-refractivity contribution in [3.05, 3.63) is 72.9 Å². The van der Waals surface area contributed by atoms with Crippen LogP contribution in [0.15, 0.2) is 77.8 Å². The minimum Gasteiger partial charge on any atom is -0.346 e. The summed E-state index contributed by atoms with van der Waals surface area (Å²) in [4.78, 5) is 21.2. The predicted molar refractivity (Wildman–Crippen MR) is 120 cm³/mol. The Morgan fingerprint density at radius 3 is 2.45 bits per heavy atom. The number of hydrogen-bond acceptors (Lipinski definition) is 4. The summed E-state index contributed by atoms with van der Waals surface area (Å²) < 4.78 is 27.7. The second kappa shape index (κ2) is 7.55. The predicted octanol–water partition coefficient (Wildman–Crippen LogP) is 4.16. The topological polar surface area (TPSA) is 95.2 Å². The first kappa shape index (κ1) is 19.3. The molecule has 0 bridgehead atoms. The molecule has 2 heterocycles. The van der Waals surface area contributed by atoms with Gasteiger partial charge in [0.1, 0.15) is 11.5 Å². The lowest BCUT2D eigenvalue weighted by molar-refractivity contribution is -0.107. The molecule has 0 saturated heterocycles. The zero-order valence-corrected chi connectivity index (χ0v) is 17.3. The van der Waals surface area contributed by atoms with Crippen molar-refractivity contribution in [2.75, 3.05) is 9.62 Å². The first-order valence-corrected chi connectivity index (χ1v) is 11.4. The van der Waals surface area contributed by atoms with Gasteiger partial charge in [0.25, 0.3) is 10.0 Å². The average molecular weight is 433 g/mol. The van der Waals surface area contributed by atoms with Gasteiger partial charge in [-0.2, -0.15) is 0 Å². The molecule has 0 atom stereocenters. The van der Waals surface area contributed by atoms with E-state index in [0.29, 0.717) is 17.2 Å². The Labute approximate surface area is 179 Å². The van der Waals surface area contributed by atoms with E-state index in [2.05, 4.69) is 14.7 Å². The summed E-state index contributed by atoms with van der Waals surface area (Å²) in [6.07, 6.45) is 4.61. The summed E-state index contributed by atoms with van der Waals surface area (Å²) in [6, 6.07) is 19.5. The molecule has 0 spiro atoms. The van der Waals surface area contributed by atoms with Crippen LogP contribution in [0.5, 0.6) is 0 Å². The number of nitrogens with one attached hydrogen (secondary N) is 2. The number of carbonyl (C=O) groups is 1. The second-order valence-corrected chi connectivity index (χ2v) is 9.19. The standard InChI is InChI=1S/C23H20N4O3S/c28-15-27(18-10-11-18)22-14-21(20-12-13-24-23(20)25-22)16-6-8-17(9-7-16)26-31(29,30)19-4-2-1-3-5-19/h1-9,12-15,18,26H,10-11H2,(H,24,25). The second-order valence-electron chi connectivity index (χ2n) is 7.51. The molecule has 8 heteroatoms. The Hall–Kier alpha value is -3.65. The molecule has 0 unspecified atom stereocenters. The zero-order valence-electron chi connectivity index (χ0n) is 16.5. The summed E-state index contributed by atoms with van der Waals surface area (Å²) in [7, 11) is -3.65. The van der Waals surface area contributed by atoms with Crippen molar-refractivity contribution in [2.45, 2.75) is 23.8 Å². The number of benzene rings is 2. The molecule has 2 aromatic carbocycles. The van der Waals surface area contributed by atoms with Crippen LogP contribution >= 0.6 is 0 Å². The number of carbonyl (C=O) groups excluding carboxylic acids is 1. The summed E-state index contributed by atoms with van der Waals surface area (Å²) >= 11 is 0. The monoisotopic (exact) mass is 432 g/mol. The van der Waals surface area contributed by atoms with Crippen LogP contribution in [-0.2, 0) is 14.8 Å². The number of sulfonamides is 1. The largest absolute Gasteiger partial charge is 0.346 e. The van der Waals surface area contributed by atoms with Crippen LogP contribution in [0.3, 0.4) is 0 Å². The fourth-order valence-corrected chi connectivity index (χ4v) is 4.69. The maximum atomic E-state index is 12.6. The molecule has 1 fully saturated rings. The summed E-state index contributed by atoms with van der Waals surface area (Å²) in [6.45, 7) is 0. The number of amides is 1. The van der Waals surface area contributed by atoms with Crippen molar-refractivity contribution >= 4 is 39.0 Å². The lowest BCUT2D eigenvalue weighted by Gasteiger charge is -2.17. The molecule has 2 N–H and O–H groups in total. The third-order valence-electron chi connectivity index (χ3n) is 5.34. The number of fused-ring (bicyclic) bond motifs is 1. The summed E-state index contributed by atoms with van der Waals surface area (Å²) in [5.74, 6) is 0.608. The molecule has 7 nitrogen and oxygen atoms in total. The number of H-pyrrole nitrogens is 1. The molecular formula is C23H20N4O3S. The molecule has 0 radical (unpaired) electrons. The number of pyridine rings is 1. The van der Waals surface area contributed by atoms with Gasteiger partial charge in [0.2, 0.25) is 6.41 Å². The highest BCUT2D eigenvalue weighted by molar-refractivity contribution is 7.92. The van der Waals surface area contributed by atoms with E-state index in [0.717, 1.165) is 35.8 Å². The van der Waals surface area contributed by atoms with Crippen LogP contribution < -0.4 is 9.62 Å². The van der Waals surface area contributed by atoms with Crippen LogP contribution in [0, 0.1) is 0 Å². The molecule has 4 aromatic rings. The zero-order chi connectivity index (χ0) is 21.4.